The van der Waals surface area contributed by atoms with Crippen molar-refractivity contribution in [2.24, 2.45) is 0 Å². The first kappa shape index (κ1) is 15.1. The van der Waals surface area contributed by atoms with Crippen LogP contribution >= 0.6 is 0 Å². The largest absolute Gasteiger partial charge is 0.478 e. The molecule has 3 nitrogen and oxygen atoms in total. The van der Waals surface area contributed by atoms with E-state index >= 15 is 0 Å². The number of ether oxygens (including phenoxy) is 1. The predicted octanol–water partition coefficient (Wildman–Crippen LogP) is 2.68. The van der Waals surface area contributed by atoms with Gasteiger partial charge in [-0.05, 0) is 24.7 Å². The number of halogens is 3. The van der Waals surface area contributed by atoms with E-state index in [1.165, 1.54) is 6.07 Å². The second-order valence-electron chi connectivity index (χ2n) is 4.85. The van der Waals surface area contributed by atoms with E-state index in [0.717, 1.165) is 44.9 Å². The lowest BCUT2D eigenvalue weighted by Gasteiger charge is -2.33. The monoisotopic (exact) mass is 288 g/mol. The van der Waals surface area contributed by atoms with Crippen molar-refractivity contribution in [3.63, 3.8) is 0 Å². The zero-order chi connectivity index (χ0) is 14.6. The first-order valence-electron chi connectivity index (χ1n) is 6.74. The minimum atomic E-state index is -4.33. The van der Waals surface area contributed by atoms with Crippen LogP contribution in [0.1, 0.15) is 12.5 Å². The molecule has 1 fully saturated rings. The number of piperazine rings is 1. The van der Waals surface area contributed by atoms with Gasteiger partial charge in [0.05, 0.1) is 5.56 Å². The highest BCUT2D eigenvalue weighted by atomic mass is 19.4. The average molecular weight is 288 g/mol. The van der Waals surface area contributed by atoms with Crippen LogP contribution in [-0.2, 0) is 6.18 Å². The van der Waals surface area contributed by atoms with Gasteiger partial charge in [-0.15, -0.1) is 0 Å². The summed E-state index contributed by atoms with van der Waals surface area (Å²) in [6.45, 7) is 7.19. The van der Waals surface area contributed by atoms with Crippen LogP contribution in [0.25, 0.3) is 0 Å². The zero-order valence-corrected chi connectivity index (χ0v) is 11.5. The third-order valence-corrected chi connectivity index (χ3v) is 3.49. The van der Waals surface area contributed by atoms with E-state index < -0.39 is 11.7 Å². The fourth-order valence-corrected chi connectivity index (χ4v) is 2.16. The lowest BCUT2D eigenvalue weighted by Crippen LogP contribution is -2.47. The maximum atomic E-state index is 12.6. The van der Waals surface area contributed by atoms with Gasteiger partial charge >= 0.3 is 6.18 Å². The Morgan fingerprint density at radius 1 is 1.10 bits per heavy atom. The zero-order valence-electron chi connectivity index (χ0n) is 11.5. The van der Waals surface area contributed by atoms with Crippen molar-refractivity contribution in [1.82, 2.24) is 9.80 Å². The molecule has 0 aliphatic carbocycles. The molecule has 0 spiro atoms. The quantitative estimate of drug-likeness (QED) is 0.847. The minimum Gasteiger partial charge on any atom is -0.478 e. The summed E-state index contributed by atoms with van der Waals surface area (Å²) in [6.07, 6.45) is -4.33. The second kappa shape index (κ2) is 6.45. The first-order chi connectivity index (χ1) is 9.49. The molecule has 0 amide bonds. The van der Waals surface area contributed by atoms with Gasteiger partial charge in [-0.2, -0.15) is 13.2 Å². The molecule has 1 saturated heterocycles. The molecular formula is C14H19F3N2O. The van der Waals surface area contributed by atoms with E-state index in [9.17, 15) is 13.2 Å². The Morgan fingerprint density at radius 2 is 1.75 bits per heavy atom. The van der Waals surface area contributed by atoms with E-state index in [4.69, 9.17) is 4.74 Å². The standard InChI is InChI=1S/C14H19F3N2O/c1-2-18-6-8-19(9-7-18)11-20-13-5-3-4-12(10-13)14(15,16)17/h3-5,10H,2,6-9,11H2,1H3. The Bertz CT molecular complexity index is 429. The fourth-order valence-electron chi connectivity index (χ4n) is 2.16. The number of alkyl halides is 3. The summed E-state index contributed by atoms with van der Waals surface area (Å²) in [5.41, 5.74) is -0.675. The number of hydrogen-bond donors (Lipinski definition) is 0. The Morgan fingerprint density at radius 3 is 2.35 bits per heavy atom. The van der Waals surface area contributed by atoms with Gasteiger partial charge in [-0.3, -0.25) is 4.90 Å². The maximum Gasteiger partial charge on any atom is 0.416 e. The van der Waals surface area contributed by atoms with E-state index in [1.807, 2.05) is 0 Å². The van der Waals surface area contributed by atoms with Crippen molar-refractivity contribution in [1.29, 1.82) is 0 Å². The molecule has 1 aliphatic heterocycles. The van der Waals surface area contributed by atoms with Crippen molar-refractivity contribution in [3.05, 3.63) is 29.8 Å². The van der Waals surface area contributed by atoms with Crippen molar-refractivity contribution in [3.8, 4) is 5.75 Å². The second-order valence-corrected chi connectivity index (χ2v) is 4.85. The molecule has 1 heterocycles. The predicted molar refractivity (Wildman–Crippen MR) is 70.6 cm³/mol. The van der Waals surface area contributed by atoms with Crippen LogP contribution in [0, 0.1) is 0 Å². The molecule has 0 saturated carbocycles. The molecule has 0 atom stereocenters. The van der Waals surface area contributed by atoms with Gasteiger partial charge in [0.2, 0.25) is 0 Å². The van der Waals surface area contributed by atoms with Gasteiger partial charge in [0, 0.05) is 26.2 Å². The van der Waals surface area contributed by atoms with E-state index in [0.29, 0.717) is 6.73 Å². The summed E-state index contributed by atoms with van der Waals surface area (Å²) >= 11 is 0. The molecular weight excluding hydrogens is 269 g/mol. The van der Waals surface area contributed by atoms with E-state index in [-0.39, 0.29) is 5.75 Å². The van der Waals surface area contributed by atoms with Gasteiger partial charge in [0.25, 0.3) is 0 Å². The third-order valence-electron chi connectivity index (χ3n) is 3.49. The number of likely N-dealkylation sites (N-methyl/N-ethyl adjacent to an activating group) is 1. The normalized spacial score (nSPS) is 18.2. The Labute approximate surface area is 116 Å². The average Bonchev–Trinajstić information content (AvgIpc) is 2.45. The van der Waals surface area contributed by atoms with E-state index in [1.54, 1.807) is 6.07 Å². The van der Waals surface area contributed by atoms with Crippen LogP contribution in [0.3, 0.4) is 0 Å². The third kappa shape index (κ3) is 4.11. The highest BCUT2D eigenvalue weighted by Crippen LogP contribution is 2.31. The number of hydrogen-bond acceptors (Lipinski definition) is 3. The van der Waals surface area contributed by atoms with Crippen LogP contribution in [0.15, 0.2) is 24.3 Å². The summed E-state index contributed by atoms with van der Waals surface area (Å²) in [4.78, 5) is 4.44. The maximum absolute atomic E-state index is 12.6. The lowest BCUT2D eigenvalue weighted by molar-refractivity contribution is -0.137. The lowest BCUT2D eigenvalue weighted by atomic mass is 10.2. The summed E-state index contributed by atoms with van der Waals surface area (Å²) in [5, 5.41) is 0. The Hall–Kier alpha value is -1.27. The van der Waals surface area contributed by atoms with Crippen LogP contribution in [-0.4, -0.2) is 49.3 Å². The van der Waals surface area contributed by atoms with Crippen LogP contribution in [0.5, 0.6) is 5.75 Å². The van der Waals surface area contributed by atoms with Gasteiger partial charge in [0.1, 0.15) is 12.5 Å². The summed E-state index contributed by atoms with van der Waals surface area (Å²) in [5.74, 6) is 0.262. The number of nitrogens with zero attached hydrogens (tertiary/aromatic N) is 2. The summed E-state index contributed by atoms with van der Waals surface area (Å²) in [7, 11) is 0. The van der Waals surface area contributed by atoms with Crippen molar-refractivity contribution in [2.45, 2.75) is 13.1 Å². The molecule has 0 bridgehead atoms. The molecule has 20 heavy (non-hydrogen) atoms. The highest BCUT2D eigenvalue weighted by molar-refractivity contribution is 5.30. The van der Waals surface area contributed by atoms with Crippen LogP contribution < -0.4 is 4.74 Å². The highest BCUT2D eigenvalue weighted by Gasteiger charge is 2.30. The van der Waals surface area contributed by atoms with Gasteiger partial charge in [0.15, 0.2) is 0 Å². The molecule has 1 aliphatic rings. The number of benzene rings is 1. The van der Waals surface area contributed by atoms with Gasteiger partial charge in [-0.25, -0.2) is 0 Å². The molecule has 2 rings (SSSR count). The SMILES string of the molecule is CCN1CCN(COc2cccc(C(F)(F)F)c2)CC1. The van der Waals surface area contributed by atoms with Gasteiger partial charge < -0.3 is 9.64 Å². The van der Waals surface area contributed by atoms with Crippen LogP contribution in [0.2, 0.25) is 0 Å². The smallest absolute Gasteiger partial charge is 0.416 e. The molecule has 1 aromatic carbocycles. The topological polar surface area (TPSA) is 15.7 Å². The molecule has 1 aromatic rings. The molecule has 0 aromatic heterocycles. The van der Waals surface area contributed by atoms with Crippen molar-refractivity contribution in [2.75, 3.05) is 39.5 Å². The number of rotatable bonds is 4. The first-order valence-corrected chi connectivity index (χ1v) is 6.74. The fraction of sp³-hybridized carbons (Fsp3) is 0.571. The van der Waals surface area contributed by atoms with Crippen molar-refractivity contribution >= 4 is 0 Å². The van der Waals surface area contributed by atoms with Gasteiger partial charge in [-0.1, -0.05) is 13.0 Å². The molecule has 112 valence electrons. The minimum absolute atomic E-state index is 0.262. The Balaban J connectivity index is 1.85. The molecule has 0 radical (unpaired) electrons. The summed E-state index contributed by atoms with van der Waals surface area (Å²) < 4.78 is 43.2. The van der Waals surface area contributed by atoms with Crippen molar-refractivity contribution < 1.29 is 17.9 Å². The molecule has 0 unspecified atom stereocenters. The van der Waals surface area contributed by atoms with Crippen LogP contribution in [0.4, 0.5) is 13.2 Å². The Kier molecular flexibility index (Phi) is 4.88. The summed E-state index contributed by atoms with van der Waals surface area (Å²) in [6, 6.07) is 5.01. The molecule has 0 N–H and O–H groups in total. The van der Waals surface area contributed by atoms with E-state index in [2.05, 4.69) is 16.7 Å². The molecule has 6 heteroatoms.